The molecule has 100 valence electrons. The van der Waals surface area contributed by atoms with Gasteiger partial charge in [-0.3, -0.25) is 4.79 Å². The summed E-state index contributed by atoms with van der Waals surface area (Å²) in [5.74, 6) is 0.118. The minimum atomic E-state index is 0.118. The van der Waals surface area contributed by atoms with E-state index >= 15 is 0 Å². The number of amides is 1. The van der Waals surface area contributed by atoms with Gasteiger partial charge >= 0.3 is 0 Å². The van der Waals surface area contributed by atoms with Crippen molar-refractivity contribution in [2.45, 2.75) is 33.2 Å². The number of nitrogens with one attached hydrogen (secondary N) is 2. The number of benzene rings is 1. The molecule has 0 bridgehead atoms. The fraction of sp³-hybridized carbons (Fsp3) is 0.500. The highest BCUT2D eigenvalue weighted by molar-refractivity contribution is 9.10. The van der Waals surface area contributed by atoms with Gasteiger partial charge in [0.15, 0.2) is 0 Å². The van der Waals surface area contributed by atoms with Crippen LogP contribution in [0.2, 0.25) is 0 Å². The molecular weight excluding hydrogens is 292 g/mol. The highest BCUT2D eigenvalue weighted by atomic mass is 79.9. The lowest BCUT2D eigenvalue weighted by Crippen LogP contribution is -2.28. The van der Waals surface area contributed by atoms with Crippen LogP contribution < -0.4 is 10.6 Å². The number of hydrogen-bond acceptors (Lipinski definition) is 2. The molecule has 0 aromatic heterocycles. The molecule has 1 aromatic rings. The molecule has 0 spiro atoms. The molecule has 0 heterocycles. The molecule has 0 unspecified atom stereocenters. The average molecular weight is 313 g/mol. The summed E-state index contributed by atoms with van der Waals surface area (Å²) in [6.45, 7) is 6.37. The molecular formula is C14H21BrN2O. The summed E-state index contributed by atoms with van der Waals surface area (Å²) in [4.78, 5) is 11.4. The molecule has 4 heteroatoms. The van der Waals surface area contributed by atoms with Crippen molar-refractivity contribution in [1.29, 1.82) is 0 Å². The van der Waals surface area contributed by atoms with E-state index in [1.807, 2.05) is 6.92 Å². The molecule has 0 aliphatic rings. The Morgan fingerprint density at radius 2 is 2.11 bits per heavy atom. The van der Waals surface area contributed by atoms with E-state index in [-0.39, 0.29) is 5.91 Å². The number of hydrogen-bond donors (Lipinski definition) is 2. The maximum absolute atomic E-state index is 11.4. The summed E-state index contributed by atoms with van der Waals surface area (Å²) in [6.07, 6.45) is 1.51. The monoisotopic (exact) mass is 312 g/mol. The molecule has 1 rings (SSSR count). The molecule has 0 aliphatic carbocycles. The highest BCUT2D eigenvalue weighted by Gasteiger charge is 2.01. The first-order valence-corrected chi connectivity index (χ1v) is 7.15. The van der Waals surface area contributed by atoms with Crippen LogP contribution in [0.5, 0.6) is 0 Å². The Morgan fingerprint density at radius 3 is 2.78 bits per heavy atom. The van der Waals surface area contributed by atoms with Crippen LogP contribution in [0.3, 0.4) is 0 Å². The van der Waals surface area contributed by atoms with E-state index in [1.165, 1.54) is 11.1 Å². The van der Waals surface area contributed by atoms with Gasteiger partial charge in [-0.1, -0.05) is 35.0 Å². The van der Waals surface area contributed by atoms with Gasteiger partial charge in [0.1, 0.15) is 0 Å². The fourth-order valence-corrected chi connectivity index (χ4v) is 2.21. The second-order valence-corrected chi connectivity index (χ2v) is 5.23. The van der Waals surface area contributed by atoms with E-state index in [0.717, 1.165) is 24.0 Å². The molecule has 1 amide bonds. The quantitative estimate of drug-likeness (QED) is 0.760. The molecule has 0 saturated carbocycles. The van der Waals surface area contributed by atoms with Crippen molar-refractivity contribution in [2.24, 2.45) is 0 Å². The largest absolute Gasteiger partial charge is 0.356 e. The number of carbonyl (C=O) groups excluding carboxylic acids is 1. The van der Waals surface area contributed by atoms with Gasteiger partial charge in [0.05, 0.1) is 0 Å². The third kappa shape index (κ3) is 5.65. The molecule has 0 fully saturated rings. The summed E-state index contributed by atoms with van der Waals surface area (Å²) < 4.78 is 1.12. The van der Waals surface area contributed by atoms with Gasteiger partial charge in [-0.2, -0.15) is 0 Å². The highest BCUT2D eigenvalue weighted by Crippen LogP contribution is 2.17. The molecule has 18 heavy (non-hydrogen) atoms. The van der Waals surface area contributed by atoms with Crippen molar-refractivity contribution in [3.05, 3.63) is 33.8 Å². The van der Waals surface area contributed by atoms with Gasteiger partial charge in [0, 0.05) is 30.5 Å². The van der Waals surface area contributed by atoms with E-state index in [4.69, 9.17) is 0 Å². The Kier molecular flexibility index (Phi) is 6.98. The third-order valence-corrected chi connectivity index (χ3v) is 3.36. The van der Waals surface area contributed by atoms with Crippen LogP contribution in [-0.4, -0.2) is 19.0 Å². The van der Waals surface area contributed by atoms with Crippen LogP contribution >= 0.6 is 15.9 Å². The van der Waals surface area contributed by atoms with Gasteiger partial charge in [0.25, 0.3) is 0 Å². The molecule has 1 aromatic carbocycles. The van der Waals surface area contributed by atoms with E-state index in [1.54, 1.807) is 0 Å². The topological polar surface area (TPSA) is 41.1 Å². The van der Waals surface area contributed by atoms with Gasteiger partial charge < -0.3 is 10.6 Å². The molecule has 0 aliphatic heterocycles. The van der Waals surface area contributed by atoms with Crippen molar-refractivity contribution in [1.82, 2.24) is 10.6 Å². The summed E-state index contributed by atoms with van der Waals surface area (Å²) in [6, 6.07) is 6.30. The molecule has 0 saturated heterocycles. The lowest BCUT2D eigenvalue weighted by molar-refractivity contribution is -0.120. The minimum absolute atomic E-state index is 0.118. The Morgan fingerprint density at radius 1 is 1.33 bits per heavy atom. The van der Waals surface area contributed by atoms with Crippen molar-refractivity contribution < 1.29 is 4.79 Å². The van der Waals surface area contributed by atoms with Gasteiger partial charge in [-0.15, -0.1) is 0 Å². The second-order valence-electron chi connectivity index (χ2n) is 4.37. The second kappa shape index (κ2) is 8.27. The summed E-state index contributed by atoms with van der Waals surface area (Å²) in [7, 11) is 0. The number of carbonyl (C=O) groups is 1. The molecule has 0 radical (unpaired) electrons. The van der Waals surface area contributed by atoms with Crippen LogP contribution in [-0.2, 0) is 11.3 Å². The van der Waals surface area contributed by atoms with Crippen LogP contribution in [0.1, 0.15) is 30.9 Å². The Hall–Kier alpha value is -0.870. The van der Waals surface area contributed by atoms with E-state index in [9.17, 15) is 4.79 Å². The smallest absolute Gasteiger partial charge is 0.221 e. The Bertz CT molecular complexity index is 393. The van der Waals surface area contributed by atoms with Crippen LogP contribution in [0, 0.1) is 6.92 Å². The van der Waals surface area contributed by atoms with E-state index in [0.29, 0.717) is 13.0 Å². The van der Waals surface area contributed by atoms with Crippen molar-refractivity contribution in [3.63, 3.8) is 0 Å². The van der Waals surface area contributed by atoms with E-state index < -0.39 is 0 Å². The SMILES string of the molecule is CCCNC(=O)CCNCc1ccc(C)cc1Br. The van der Waals surface area contributed by atoms with Crippen LogP contribution in [0.4, 0.5) is 0 Å². The predicted molar refractivity (Wildman–Crippen MR) is 78.5 cm³/mol. The van der Waals surface area contributed by atoms with Crippen molar-refractivity contribution in [2.75, 3.05) is 13.1 Å². The average Bonchev–Trinajstić information content (AvgIpc) is 2.34. The maximum atomic E-state index is 11.4. The lowest BCUT2D eigenvalue weighted by atomic mass is 10.1. The molecule has 3 nitrogen and oxygen atoms in total. The Balaban J connectivity index is 2.23. The normalized spacial score (nSPS) is 10.4. The number of halogens is 1. The summed E-state index contributed by atoms with van der Waals surface area (Å²) in [5, 5.41) is 6.14. The van der Waals surface area contributed by atoms with E-state index in [2.05, 4.69) is 51.7 Å². The third-order valence-electron chi connectivity index (χ3n) is 2.63. The molecule has 0 atom stereocenters. The predicted octanol–water partition coefficient (Wildman–Crippen LogP) is 2.76. The van der Waals surface area contributed by atoms with Gasteiger partial charge in [0.2, 0.25) is 5.91 Å². The van der Waals surface area contributed by atoms with Crippen molar-refractivity contribution >= 4 is 21.8 Å². The Labute approximate surface area is 117 Å². The minimum Gasteiger partial charge on any atom is -0.356 e. The lowest BCUT2D eigenvalue weighted by Gasteiger charge is -2.08. The van der Waals surface area contributed by atoms with Crippen molar-refractivity contribution in [3.8, 4) is 0 Å². The maximum Gasteiger partial charge on any atom is 0.221 e. The standard InChI is InChI=1S/C14H21BrN2O/c1-3-7-17-14(18)6-8-16-10-12-5-4-11(2)9-13(12)15/h4-5,9,16H,3,6-8,10H2,1-2H3,(H,17,18). The fourth-order valence-electron chi connectivity index (χ4n) is 1.57. The summed E-state index contributed by atoms with van der Waals surface area (Å²) >= 11 is 3.54. The van der Waals surface area contributed by atoms with Gasteiger partial charge in [-0.25, -0.2) is 0 Å². The zero-order valence-corrected chi connectivity index (χ0v) is 12.6. The zero-order chi connectivity index (χ0) is 13.4. The number of rotatable bonds is 7. The molecule has 2 N–H and O–H groups in total. The van der Waals surface area contributed by atoms with Gasteiger partial charge in [-0.05, 0) is 30.5 Å². The first-order chi connectivity index (χ1) is 8.63. The number of aryl methyl sites for hydroxylation is 1. The first-order valence-electron chi connectivity index (χ1n) is 6.36. The van der Waals surface area contributed by atoms with Crippen LogP contribution in [0.25, 0.3) is 0 Å². The first kappa shape index (κ1) is 15.2. The van der Waals surface area contributed by atoms with Crippen LogP contribution in [0.15, 0.2) is 22.7 Å². The zero-order valence-electron chi connectivity index (χ0n) is 11.1. The summed E-state index contributed by atoms with van der Waals surface area (Å²) in [5.41, 5.74) is 2.46.